The normalized spacial score (nSPS) is 30.9. The molecule has 2 heterocycles. The summed E-state index contributed by atoms with van der Waals surface area (Å²) in [5.41, 5.74) is -0.180. The van der Waals surface area contributed by atoms with E-state index < -0.39 is 5.91 Å². The van der Waals surface area contributed by atoms with Crippen LogP contribution in [-0.2, 0) is 4.79 Å². The first-order valence-electron chi connectivity index (χ1n) is 9.45. The molecule has 7 nitrogen and oxygen atoms in total. The monoisotopic (exact) mass is 383 g/mol. The maximum absolute atomic E-state index is 13.2. The molecule has 4 aliphatic rings. The minimum absolute atomic E-state index is 0.00500. The summed E-state index contributed by atoms with van der Waals surface area (Å²) < 4.78 is 0. The first-order valence-corrected chi connectivity index (χ1v) is 10.3. The number of hydrogen-bond acceptors (Lipinski definition) is 6. The van der Waals surface area contributed by atoms with E-state index in [1.807, 2.05) is 0 Å². The van der Waals surface area contributed by atoms with Crippen molar-refractivity contribution in [1.29, 1.82) is 0 Å². The highest BCUT2D eigenvalue weighted by molar-refractivity contribution is 7.13. The van der Waals surface area contributed by atoms with Gasteiger partial charge in [0, 0.05) is 24.0 Å². The van der Waals surface area contributed by atoms with E-state index in [9.17, 15) is 9.59 Å². The fourth-order valence-corrected chi connectivity index (χ4v) is 6.19. The molecule has 0 aromatic carbocycles. The number of rotatable bonds is 4. The van der Waals surface area contributed by atoms with Gasteiger partial charge < -0.3 is 5.32 Å². The van der Waals surface area contributed by atoms with Crippen LogP contribution in [0.3, 0.4) is 0 Å². The quantitative estimate of drug-likeness (QED) is 0.844. The molecule has 2 N–H and O–H groups in total. The third-order valence-corrected chi connectivity index (χ3v) is 7.01. The molecule has 4 bridgehead atoms. The van der Waals surface area contributed by atoms with Crippen molar-refractivity contribution in [3.63, 3.8) is 0 Å². The second kappa shape index (κ2) is 6.37. The summed E-state index contributed by atoms with van der Waals surface area (Å²) in [5, 5.41) is 7.91. The number of anilines is 2. The van der Waals surface area contributed by atoms with Crippen LogP contribution in [0, 0.1) is 23.2 Å². The molecule has 140 valence electrons. The largest absolute Gasteiger partial charge is 0.308 e. The summed E-state index contributed by atoms with van der Waals surface area (Å²) in [6.07, 6.45) is 11.3. The number of nitrogens with one attached hydrogen (secondary N) is 2. The molecule has 27 heavy (non-hydrogen) atoms. The average molecular weight is 383 g/mol. The minimum atomic E-state index is -0.418. The Bertz CT molecular complexity index is 847. The van der Waals surface area contributed by atoms with E-state index in [0.717, 1.165) is 19.3 Å². The standard InChI is InChI=1S/C19H21N5O2S/c25-16(24-18-22-3-4-27-18)14-15(21-2-1-20-14)23-17(26)19-8-11-5-12(9-19)7-13(6-11)10-19/h1-4,11-13H,5-10H2,(H,21,23,26)(H,22,24,25). The minimum Gasteiger partial charge on any atom is -0.308 e. The van der Waals surface area contributed by atoms with Crippen LogP contribution in [0.25, 0.3) is 0 Å². The van der Waals surface area contributed by atoms with Gasteiger partial charge in [-0.05, 0) is 56.3 Å². The first-order chi connectivity index (χ1) is 13.1. The summed E-state index contributed by atoms with van der Waals surface area (Å²) in [4.78, 5) is 38.2. The van der Waals surface area contributed by atoms with Crippen LogP contribution in [0.2, 0.25) is 0 Å². The number of hydrogen-bond donors (Lipinski definition) is 2. The van der Waals surface area contributed by atoms with Crippen LogP contribution < -0.4 is 10.6 Å². The van der Waals surface area contributed by atoms with Gasteiger partial charge in [-0.25, -0.2) is 15.0 Å². The van der Waals surface area contributed by atoms with Gasteiger partial charge in [-0.15, -0.1) is 11.3 Å². The van der Waals surface area contributed by atoms with E-state index in [0.29, 0.717) is 22.9 Å². The maximum atomic E-state index is 13.2. The van der Waals surface area contributed by atoms with Gasteiger partial charge in [-0.2, -0.15) is 0 Å². The number of carbonyl (C=O) groups is 2. The van der Waals surface area contributed by atoms with Crippen molar-refractivity contribution >= 4 is 34.1 Å². The molecular formula is C19H21N5O2S. The zero-order valence-corrected chi connectivity index (χ0v) is 15.7. The maximum Gasteiger partial charge on any atom is 0.279 e. The molecule has 4 aliphatic carbocycles. The molecule has 0 unspecified atom stereocenters. The summed E-state index contributed by atoms with van der Waals surface area (Å²) in [5.74, 6) is 1.85. The first kappa shape index (κ1) is 16.8. The molecule has 0 atom stereocenters. The highest BCUT2D eigenvalue weighted by atomic mass is 32.1. The average Bonchev–Trinajstić information content (AvgIpc) is 3.14. The lowest BCUT2D eigenvalue weighted by Crippen LogP contribution is -2.52. The number of aromatic nitrogens is 3. The molecule has 6 rings (SSSR count). The van der Waals surface area contributed by atoms with Crippen molar-refractivity contribution in [2.75, 3.05) is 10.6 Å². The SMILES string of the molecule is O=C(Nc1nccs1)c1nccnc1NC(=O)C12CC3CC(CC(C3)C1)C2. The highest BCUT2D eigenvalue weighted by Crippen LogP contribution is 2.60. The number of nitrogens with zero attached hydrogens (tertiary/aromatic N) is 3. The van der Waals surface area contributed by atoms with Crippen molar-refractivity contribution in [2.24, 2.45) is 23.2 Å². The number of thiazole rings is 1. The van der Waals surface area contributed by atoms with Gasteiger partial charge >= 0.3 is 0 Å². The van der Waals surface area contributed by atoms with Crippen molar-refractivity contribution in [1.82, 2.24) is 15.0 Å². The number of carbonyl (C=O) groups excluding carboxylic acids is 2. The van der Waals surface area contributed by atoms with Crippen LogP contribution in [0.1, 0.15) is 49.0 Å². The summed E-state index contributed by atoms with van der Waals surface area (Å²) >= 11 is 1.33. The van der Waals surface area contributed by atoms with E-state index in [2.05, 4.69) is 25.6 Å². The molecule has 4 saturated carbocycles. The molecule has 4 fully saturated rings. The van der Waals surface area contributed by atoms with Crippen LogP contribution in [0.4, 0.5) is 10.9 Å². The zero-order valence-electron chi connectivity index (χ0n) is 14.9. The predicted molar refractivity (Wildman–Crippen MR) is 101 cm³/mol. The fraction of sp³-hybridized carbons (Fsp3) is 0.526. The molecule has 2 aromatic heterocycles. The van der Waals surface area contributed by atoms with Gasteiger partial charge in [0.15, 0.2) is 16.6 Å². The van der Waals surface area contributed by atoms with E-state index in [1.54, 1.807) is 11.6 Å². The molecule has 2 amide bonds. The van der Waals surface area contributed by atoms with Gasteiger partial charge in [0.05, 0.1) is 5.41 Å². The van der Waals surface area contributed by atoms with Crippen LogP contribution in [0.15, 0.2) is 24.0 Å². The van der Waals surface area contributed by atoms with Gasteiger partial charge in [0.2, 0.25) is 5.91 Å². The second-order valence-corrected chi connectivity index (χ2v) is 9.09. The third-order valence-electron chi connectivity index (χ3n) is 6.32. The molecule has 2 aromatic rings. The van der Waals surface area contributed by atoms with Crippen LogP contribution in [-0.4, -0.2) is 26.8 Å². The molecule has 0 radical (unpaired) electrons. The lowest BCUT2D eigenvalue weighted by Gasteiger charge is -2.55. The highest BCUT2D eigenvalue weighted by Gasteiger charge is 2.54. The Morgan fingerprint density at radius 2 is 1.59 bits per heavy atom. The summed E-state index contributed by atoms with van der Waals surface area (Å²) in [7, 11) is 0. The van der Waals surface area contributed by atoms with E-state index in [1.165, 1.54) is 43.0 Å². The molecule has 8 heteroatoms. The Morgan fingerprint density at radius 3 is 2.22 bits per heavy atom. The summed E-state index contributed by atoms with van der Waals surface area (Å²) in [6, 6.07) is 0. The van der Waals surface area contributed by atoms with Crippen molar-refractivity contribution in [3.05, 3.63) is 29.7 Å². The Morgan fingerprint density at radius 1 is 0.926 bits per heavy atom. The van der Waals surface area contributed by atoms with E-state index >= 15 is 0 Å². The molecule has 0 saturated heterocycles. The van der Waals surface area contributed by atoms with Crippen molar-refractivity contribution < 1.29 is 9.59 Å². The predicted octanol–water partition coefficient (Wildman–Crippen LogP) is 3.34. The lowest BCUT2D eigenvalue weighted by molar-refractivity contribution is -0.140. The number of amides is 2. The summed E-state index contributed by atoms with van der Waals surface area (Å²) in [6.45, 7) is 0. The zero-order chi connectivity index (χ0) is 18.4. The van der Waals surface area contributed by atoms with Crippen LogP contribution in [0.5, 0.6) is 0 Å². The molecule has 0 spiro atoms. The Balaban J connectivity index is 1.37. The Labute approximate surface area is 161 Å². The molecular weight excluding hydrogens is 362 g/mol. The van der Waals surface area contributed by atoms with Crippen LogP contribution >= 0.6 is 11.3 Å². The third kappa shape index (κ3) is 3.01. The van der Waals surface area contributed by atoms with Gasteiger partial charge in [-0.1, -0.05) is 0 Å². The topological polar surface area (TPSA) is 96.9 Å². The van der Waals surface area contributed by atoms with Crippen molar-refractivity contribution in [2.45, 2.75) is 38.5 Å². The van der Waals surface area contributed by atoms with Gasteiger partial charge in [-0.3, -0.25) is 14.9 Å². The Kier molecular flexibility index (Phi) is 3.96. The van der Waals surface area contributed by atoms with E-state index in [-0.39, 0.29) is 22.8 Å². The van der Waals surface area contributed by atoms with Gasteiger partial charge in [0.1, 0.15) is 0 Å². The molecule has 0 aliphatic heterocycles. The second-order valence-electron chi connectivity index (χ2n) is 8.20. The van der Waals surface area contributed by atoms with Gasteiger partial charge in [0.25, 0.3) is 5.91 Å². The fourth-order valence-electron chi connectivity index (χ4n) is 5.67. The van der Waals surface area contributed by atoms with E-state index in [4.69, 9.17) is 0 Å². The smallest absolute Gasteiger partial charge is 0.279 e. The van der Waals surface area contributed by atoms with Crippen molar-refractivity contribution in [3.8, 4) is 0 Å². The lowest BCUT2D eigenvalue weighted by atomic mass is 9.49. The Hall–Kier alpha value is -2.35.